The summed E-state index contributed by atoms with van der Waals surface area (Å²) in [6, 6.07) is 8.62. The smallest absolute Gasteiger partial charge is 0.435 e. The molecule has 0 saturated heterocycles. The molecule has 2 aromatic carbocycles. The second-order valence-electron chi connectivity index (χ2n) is 8.02. The van der Waals surface area contributed by atoms with Gasteiger partial charge < -0.3 is 16.6 Å². The number of hydrogen-bond donors (Lipinski definition) is 3. The van der Waals surface area contributed by atoms with Crippen molar-refractivity contribution in [1.29, 1.82) is 5.26 Å². The number of nitriles is 1. The SMILES string of the molecule is Cc1c(-c2c(C(N)=O)nc3cc(F)ccc3c2C(N)=O)c(C(F)(F)F)nn1Cc1ccc(C#N)cc1O. The molecule has 0 spiro atoms. The molecule has 37 heavy (non-hydrogen) atoms. The minimum Gasteiger partial charge on any atom is -0.508 e. The third-order valence-electron chi connectivity index (χ3n) is 5.69. The maximum Gasteiger partial charge on any atom is 0.435 e. The quantitative estimate of drug-likeness (QED) is 0.347. The molecule has 0 aliphatic heterocycles. The number of aromatic nitrogens is 3. The van der Waals surface area contributed by atoms with E-state index in [1.165, 1.54) is 19.1 Å². The van der Waals surface area contributed by atoms with Crippen LogP contribution in [0.1, 0.15) is 43.4 Å². The molecule has 2 amide bonds. The molecule has 0 radical (unpaired) electrons. The summed E-state index contributed by atoms with van der Waals surface area (Å²) in [5.74, 6) is -3.62. The van der Waals surface area contributed by atoms with E-state index in [0.29, 0.717) is 0 Å². The van der Waals surface area contributed by atoms with E-state index < -0.39 is 51.9 Å². The highest BCUT2D eigenvalue weighted by Gasteiger charge is 2.41. The summed E-state index contributed by atoms with van der Waals surface area (Å²) in [5, 5.41) is 22.7. The van der Waals surface area contributed by atoms with Crippen LogP contribution in [0.2, 0.25) is 0 Å². The maximum atomic E-state index is 14.2. The molecular weight excluding hydrogens is 496 g/mol. The average molecular weight is 512 g/mol. The summed E-state index contributed by atoms with van der Waals surface area (Å²) in [4.78, 5) is 28.8. The lowest BCUT2D eigenvalue weighted by molar-refractivity contribution is -0.141. The summed E-state index contributed by atoms with van der Waals surface area (Å²) in [5.41, 5.74) is 6.85. The minimum absolute atomic E-state index is 0.0982. The number of rotatable bonds is 5. The van der Waals surface area contributed by atoms with Gasteiger partial charge in [0.05, 0.1) is 29.3 Å². The number of pyridine rings is 1. The summed E-state index contributed by atoms with van der Waals surface area (Å²) in [7, 11) is 0. The molecule has 0 fully saturated rings. The number of phenolic OH excluding ortho intramolecular Hbond substituents is 1. The van der Waals surface area contributed by atoms with Crippen molar-refractivity contribution in [3.8, 4) is 22.9 Å². The number of alkyl halides is 3. The van der Waals surface area contributed by atoms with Crippen LogP contribution in [0, 0.1) is 24.1 Å². The number of hydrogen-bond acceptors (Lipinski definition) is 6. The Morgan fingerprint density at radius 3 is 2.38 bits per heavy atom. The molecule has 2 heterocycles. The molecule has 4 aromatic rings. The van der Waals surface area contributed by atoms with Crippen molar-refractivity contribution < 1.29 is 32.3 Å². The van der Waals surface area contributed by atoms with Crippen LogP contribution < -0.4 is 11.5 Å². The Hall–Kier alpha value is -4.99. The Labute approximate surface area is 205 Å². The van der Waals surface area contributed by atoms with Crippen molar-refractivity contribution >= 4 is 22.7 Å². The van der Waals surface area contributed by atoms with Crippen LogP contribution in [-0.2, 0) is 12.7 Å². The number of benzene rings is 2. The maximum absolute atomic E-state index is 14.2. The van der Waals surface area contributed by atoms with E-state index in [0.717, 1.165) is 28.9 Å². The minimum atomic E-state index is -5.07. The van der Waals surface area contributed by atoms with Gasteiger partial charge in [-0.15, -0.1) is 0 Å². The Bertz CT molecular complexity index is 1650. The molecule has 0 bridgehead atoms. The van der Waals surface area contributed by atoms with Crippen LogP contribution in [0.5, 0.6) is 5.75 Å². The number of carbonyl (C=O) groups is 2. The summed E-state index contributed by atoms with van der Waals surface area (Å²) in [6.45, 7) is 0.888. The molecule has 0 aliphatic carbocycles. The van der Waals surface area contributed by atoms with E-state index in [9.17, 15) is 32.3 Å². The molecule has 5 N–H and O–H groups in total. The van der Waals surface area contributed by atoms with Crippen LogP contribution in [0.3, 0.4) is 0 Å². The first-order valence-corrected chi connectivity index (χ1v) is 10.4. The average Bonchev–Trinajstić information content (AvgIpc) is 3.14. The summed E-state index contributed by atoms with van der Waals surface area (Å²) >= 11 is 0. The molecule has 0 unspecified atom stereocenters. The number of aromatic hydroxyl groups is 1. The lowest BCUT2D eigenvalue weighted by atomic mass is 9.92. The zero-order chi connectivity index (χ0) is 27.2. The van der Waals surface area contributed by atoms with Crippen LogP contribution in [0.25, 0.3) is 22.0 Å². The Balaban J connectivity index is 2.08. The van der Waals surface area contributed by atoms with E-state index >= 15 is 0 Å². The van der Waals surface area contributed by atoms with Crippen molar-refractivity contribution in [1.82, 2.24) is 14.8 Å². The van der Waals surface area contributed by atoms with Crippen molar-refractivity contribution in [3.63, 3.8) is 0 Å². The van der Waals surface area contributed by atoms with Crippen LogP contribution in [0.4, 0.5) is 17.6 Å². The topological polar surface area (TPSA) is 161 Å². The number of nitrogens with two attached hydrogens (primary N) is 2. The molecule has 0 atom stereocenters. The number of phenols is 1. The Morgan fingerprint density at radius 2 is 1.81 bits per heavy atom. The van der Waals surface area contributed by atoms with Gasteiger partial charge in [0.15, 0.2) is 5.69 Å². The normalized spacial score (nSPS) is 11.5. The fourth-order valence-corrected chi connectivity index (χ4v) is 4.04. The first-order valence-electron chi connectivity index (χ1n) is 10.4. The fourth-order valence-electron chi connectivity index (χ4n) is 4.04. The van der Waals surface area contributed by atoms with Gasteiger partial charge in [0, 0.05) is 33.8 Å². The molecular formula is C24H16F4N6O3. The van der Waals surface area contributed by atoms with Crippen molar-refractivity contribution in [2.75, 3.05) is 0 Å². The van der Waals surface area contributed by atoms with E-state index in [4.69, 9.17) is 16.7 Å². The molecule has 2 aromatic heterocycles. The lowest BCUT2D eigenvalue weighted by Gasteiger charge is -2.16. The Morgan fingerprint density at radius 1 is 1.11 bits per heavy atom. The van der Waals surface area contributed by atoms with Crippen molar-refractivity contribution in [2.24, 2.45) is 11.5 Å². The third kappa shape index (κ3) is 4.40. The molecule has 4 rings (SSSR count). The van der Waals surface area contributed by atoms with Gasteiger partial charge in [-0.2, -0.15) is 23.5 Å². The highest BCUT2D eigenvalue weighted by Crippen LogP contribution is 2.42. The van der Waals surface area contributed by atoms with Gasteiger partial charge in [0.1, 0.15) is 17.3 Å². The van der Waals surface area contributed by atoms with E-state index in [2.05, 4.69) is 10.1 Å². The standard InChI is InChI=1S/C24H16F4N6O3/c1-10-17(19-18(22(30)36)14-5-4-13(25)7-15(14)32-20(19)23(31)37)21(24(26,27)28)33-34(10)9-12-3-2-11(8-29)6-16(12)35/h2-7,35H,9H2,1H3,(H2,30,36)(H2,31,37). The number of halogens is 4. The lowest BCUT2D eigenvalue weighted by Crippen LogP contribution is -2.21. The van der Waals surface area contributed by atoms with Crippen LogP contribution in [-0.4, -0.2) is 31.7 Å². The molecule has 0 saturated carbocycles. The number of amides is 2. The Kier molecular flexibility index (Phi) is 6.04. The first-order chi connectivity index (χ1) is 17.3. The monoisotopic (exact) mass is 512 g/mol. The molecule has 13 heteroatoms. The van der Waals surface area contributed by atoms with Gasteiger partial charge in [-0.05, 0) is 31.2 Å². The fraction of sp³-hybridized carbons (Fsp3) is 0.125. The van der Waals surface area contributed by atoms with E-state index in [1.807, 2.05) is 6.07 Å². The number of primary amides is 2. The second-order valence-corrected chi connectivity index (χ2v) is 8.02. The van der Waals surface area contributed by atoms with Gasteiger partial charge >= 0.3 is 6.18 Å². The van der Waals surface area contributed by atoms with Crippen LogP contribution in [0.15, 0.2) is 36.4 Å². The van der Waals surface area contributed by atoms with E-state index in [-0.39, 0.29) is 40.0 Å². The van der Waals surface area contributed by atoms with Crippen LogP contribution >= 0.6 is 0 Å². The number of carbonyl (C=O) groups excluding carboxylic acids is 2. The number of fused-ring (bicyclic) bond motifs is 1. The third-order valence-corrected chi connectivity index (χ3v) is 5.69. The molecule has 9 nitrogen and oxygen atoms in total. The predicted octanol–water partition coefficient (Wildman–Crippen LogP) is 3.39. The highest BCUT2D eigenvalue weighted by molar-refractivity contribution is 6.15. The second kappa shape index (κ2) is 8.90. The highest BCUT2D eigenvalue weighted by atomic mass is 19.4. The largest absolute Gasteiger partial charge is 0.508 e. The zero-order valence-electron chi connectivity index (χ0n) is 18.9. The van der Waals surface area contributed by atoms with E-state index in [1.54, 1.807) is 0 Å². The number of nitrogens with zero attached hydrogens (tertiary/aromatic N) is 4. The van der Waals surface area contributed by atoms with Crippen molar-refractivity contribution in [3.05, 3.63) is 76.0 Å². The summed E-state index contributed by atoms with van der Waals surface area (Å²) < 4.78 is 57.4. The van der Waals surface area contributed by atoms with Gasteiger partial charge in [-0.25, -0.2) is 9.37 Å². The van der Waals surface area contributed by atoms with Gasteiger partial charge in [-0.3, -0.25) is 14.3 Å². The molecule has 0 aliphatic rings. The van der Waals surface area contributed by atoms with Gasteiger partial charge in [0.2, 0.25) is 5.91 Å². The van der Waals surface area contributed by atoms with Crippen molar-refractivity contribution in [2.45, 2.75) is 19.6 Å². The molecule has 188 valence electrons. The zero-order valence-corrected chi connectivity index (χ0v) is 18.9. The first kappa shape index (κ1) is 25.1. The van der Waals surface area contributed by atoms with Gasteiger partial charge in [0.25, 0.3) is 5.91 Å². The summed E-state index contributed by atoms with van der Waals surface area (Å²) in [6.07, 6.45) is -5.07. The van der Waals surface area contributed by atoms with Gasteiger partial charge in [-0.1, -0.05) is 6.07 Å². The predicted molar refractivity (Wildman–Crippen MR) is 122 cm³/mol.